The molecule has 0 aromatic heterocycles. The normalized spacial score (nSPS) is 40.2. The molecular weight excluding hydrogens is 312 g/mol. The summed E-state index contributed by atoms with van der Waals surface area (Å²) >= 11 is 0. The molecule has 24 heavy (non-hydrogen) atoms. The number of hydrogen-bond donors (Lipinski definition) is 0. The Morgan fingerprint density at radius 3 is 2.42 bits per heavy atom. The Balaban J connectivity index is 1.45. The van der Waals surface area contributed by atoms with Crippen LogP contribution in [-0.2, 0) is 28.5 Å². The second-order valence-electron chi connectivity index (χ2n) is 7.39. The van der Waals surface area contributed by atoms with Crippen LogP contribution in [-0.4, -0.2) is 56.0 Å². The van der Waals surface area contributed by atoms with Crippen molar-refractivity contribution in [2.75, 3.05) is 19.8 Å². The fourth-order valence-corrected chi connectivity index (χ4v) is 4.27. The predicted molar refractivity (Wildman–Crippen MR) is 84.5 cm³/mol. The minimum atomic E-state index is -0.605. The number of ether oxygens (including phenoxy) is 5. The highest BCUT2D eigenvalue weighted by atomic mass is 16.8. The smallest absolute Gasteiger partial charge is 0.338 e. The van der Waals surface area contributed by atoms with Gasteiger partial charge in [-0.2, -0.15) is 0 Å². The molecule has 3 saturated heterocycles. The lowest BCUT2D eigenvalue weighted by atomic mass is 9.94. The lowest BCUT2D eigenvalue weighted by Crippen LogP contribution is -2.44. The van der Waals surface area contributed by atoms with E-state index in [9.17, 15) is 4.79 Å². The van der Waals surface area contributed by atoms with E-state index < -0.39 is 18.0 Å². The molecule has 0 radical (unpaired) electrons. The summed E-state index contributed by atoms with van der Waals surface area (Å²) in [6.45, 7) is 1.85. The number of carbonyl (C=O) groups excluding carboxylic acids is 1. The van der Waals surface area contributed by atoms with Gasteiger partial charge in [0.15, 0.2) is 18.0 Å². The molecule has 0 N–H and O–H groups in total. The van der Waals surface area contributed by atoms with Crippen molar-refractivity contribution in [3.63, 3.8) is 0 Å². The van der Waals surface area contributed by atoms with E-state index >= 15 is 0 Å². The summed E-state index contributed by atoms with van der Waals surface area (Å²) in [5, 5.41) is 0. The van der Waals surface area contributed by atoms with Gasteiger partial charge in [-0.25, -0.2) is 4.79 Å². The first-order valence-corrected chi connectivity index (χ1v) is 9.53. The monoisotopic (exact) mass is 340 g/mol. The standard InChI is InChI=1S/C18H28O6/c19-17-16-15(23-18(24-16)8-4-3-5-9-18)14(22-17)13-12-20-10-6-1-2-7-11-21-13/h13-16H,1-12H2/t13-,14+,15-,16-/m1/s1. The number of carbonyl (C=O) groups is 1. The molecule has 3 aliphatic heterocycles. The summed E-state index contributed by atoms with van der Waals surface area (Å²) in [6, 6.07) is 0. The quantitative estimate of drug-likeness (QED) is 0.683. The van der Waals surface area contributed by atoms with Crippen LogP contribution in [0.15, 0.2) is 0 Å². The molecule has 1 spiro atoms. The van der Waals surface area contributed by atoms with E-state index in [-0.39, 0.29) is 18.2 Å². The van der Waals surface area contributed by atoms with Crippen molar-refractivity contribution in [2.24, 2.45) is 0 Å². The Morgan fingerprint density at radius 1 is 0.833 bits per heavy atom. The van der Waals surface area contributed by atoms with E-state index in [0.717, 1.165) is 51.6 Å². The minimum absolute atomic E-state index is 0.274. The molecule has 4 aliphatic rings. The van der Waals surface area contributed by atoms with Crippen LogP contribution in [0.4, 0.5) is 0 Å². The average Bonchev–Trinajstić information content (AvgIpc) is 3.10. The SMILES string of the molecule is O=C1O[C@@H]([C@H]2COCCCCCCO2)[C@H]2OC3(CCCCC3)O[C@@H]12. The first-order chi connectivity index (χ1) is 11.8. The number of esters is 1. The Kier molecular flexibility index (Phi) is 5.08. The van der Waals surface area contributed by atoms with Crippen LogP contribution in [0.5, 0.6) is 0 Å². The number of rotatable bonds is 1. The molecule has 0 aromatic rings. The van der Waals surface area contributed by atoms with Gasteiger partial charge in [0.1, 0.15) is 12.2 Å². The van der Waals surface area contributed by atoms with Crippen molar-refractivity contribution in [1.82, 2.24) is 0 Å². The Morgan fingerprint density at radius 2 is 1.58 bits per heavy atom. The zero-order chi connectivity index (χ0) is 16.4. The van der Waals surface area contributed by atoms with Crippen LogP contribution >= 0.6 is 0 Å². The maximum Gasteiger partial charge on any atom is 0.338 e. The highest BCUT2D eigenvalue weighted by Gasteiger charge is 2.60. The maximum atomic E-state index is 12.3. The molecule has 1 aliphatic carbocycles. The highest BCUT2D eigenvalue weighted by Crippen LogP contribution is 2.45. The molecule has 0 amide bonds. The van der Waals surface area contributed by atoms with Gasteiger partial charge >= 0.3 is 5.97 Å². The highest BCUT2D eigenvalue weighted by molar-refractivity contribution is 5.78. The second-order valence-corrected chi connectivity index (χ2v) is 7.39. The molecule has 6 nitrogen and oxygen atoms in total. The van der Waals surface area contributed by atoms with Crippen LogP contribution in [0, 0.1) is 0 Å². The molecule has 4 atom stereocenters. The maximum absolute atomic E-state index is 12.3. The summed E-state index contributed by atoms with van der Waals surface area (Å²) < 4.78 is 29.6. The molecule has 3 heterocycles. The van der Waals surface area contributed by atoms with Crippen molar-refractivity contribution in [1.29, 1.82) is 0 Å². The van der Waals surface area contributed by atoms with Gasteiger partial charge in [0.05, 0.1) is 6.61 Å². The topological polar surface area (TPSA) is 63.2 Å². The van der Waals surface area contributed by atoms with Crippen LogP contribution in [0.3, 0.4) is 0 Å². The number of hydrogen-bond acceptors (Lipinski definition) is 6. The van der Waals surface area contributed by atoms with Crippen LogP contribution in [0.25, 0.3) is 0 Å². The molecule has 1 saturated carbocycles. The van der Waals surface area contributed by atoms with E-state index in [4.69, 9.17) is 23.7 Å². The van der Waals surface area contributed by atoms with Gasteiger partial charge in [-0.1, -0.05) is 19.3 Å². The molecule has 0 bridgehead atoms. The van der Waals surface area contributed by atoms with Gasteiger partial charge in [-0.05, 0) is 25.7 Å². The van der Waals surface area contributed by atoms with Crippen molar-refractivity contribution in [2.45, 2.75) is 88.0 Å². The molecule has 0 aromatic carbocycles. The lowest BCUT2D eigenvalue weighted by molar-refractivity contribution is -0.225. The predicted octanol–water partition coefficient (Wildman–Crippen LogP) is 2.33. The Hall–Kier alpha value is -0.690. The third-order valence-corrected chi connectivity index (χ3v) is 5.58. The molecule has 136 valence electrons. The van der Waals surface area contributed by atoms with Crippen molar-refractivity contribution in [3.8, 4) is 0 Å². The van der Waals surface area contributed by atoms with Crippen LogP contribution in [0.2, 0.25) is 0 Å². The molecule has 4 fully saturated rings. The Labute approximate surface area is 143 Å². The summed E-state index contributed by atoms with van der Waals surface area (Å²) in [7, 11) is 0. The summed E-state index contributed by atoms with van der Waals surface area (Å²) in [4.78, 5) is 12.3. The van der Waals surface area contributed by atoms with Crippen molar-refractivity contribution >= 4 is 5.97 Å². The molecule has 6 heteroatoms. The van der Waals surface area contributed by atoms with Crippen molar-refractivity contribution < 1.29 is 28.5 Å². The van der Waals surface area contributed by atoms with Gasteiger partial charge in [-0.15, -0.1) is 0 Å². The Bertz CT molecular complexity index is 437. The van der Waals surface area contributed by atoms with Gasteiger partial charge in [0, 0.05) is 26.1 Å². The molecule has 0 unspecified atom stereocenters. The zero-order valence-electron chi connectivity index (χ0n) is 14.2. The third kappa shape index (κ3) is 3.34. The zero-order valence-corrected chi connectivity index (χ0v) is 14.2. The van der Waals surface area contributed by atoms with Crippen molar-refractivity contribution in [3.05, 3.63) is 0 Å². The van der Waals surface area contributed by atoms with E-state index in [1.807, 2.05) is 0 Å². The summed E-state index contributed by atoms with van der Waals surface area (Å²) in [5.41, 5.74) is 0. The molecule has 4 rings (SSSR count). The van der Waals surface area contributed by atoms with Gasteiger partial charge in [0.25, 0.3) is 0 Å². The van der Waals surface area contributed by atoms with Crippen LogP contribution in [0.1, 0.15) is 57.8 Å². The van der Waals surface area contributed by atoms with Crippen LogP contribution < -0.4 is 0 Å². The minimum Gasteiger partial charge on any atom is -0.455 e. The first kappa shape index (κ1) is 16.8. The first-order valence-electron chi connectivity index (χ1n) is 9.53. The van der Waals surface area contributed by atoms with E-state index in [0.29, 0.717) is 13.2 Å². The summed E-state index contributed by atoms with van der Waals surface area (Å²) in [5.74, 6) is -0.893. The number of fused-ring (bicyclic) bond motifs is 1. The third-order valence-electron chi connectivity index (χ3n) is 5.58. The number of cyclic esters (lactones) is 1. The largest absolute Gasteiger partial charge is 0.455 e. The lowest BCUT2D eigenvalue weighted by Gasteiger charge is -2.34. The van der Waals surface area contributed by atoms with Gasteiger partial charge in [0.2, 0.25) is 0 Å². The van der Waals surface area contributed by atoms with Gasteiger partial charge < -0.3 is 23.7 Å². The van der Waals surface area contributed by atoms with E-state index in [1.54, 1.807) is 0 Å². The fraction of sp³-hybridized carbons (Fsp3) is 0.944. The van der Waals surface area contributed by atoms with E-state index in [2.05, 4.69) is 0 Å². The second kappa shape index (κ2) is 7.28. The average molecular weight is 340 g/mol. The van der Waals surface area contributed by atoms with E-state index in [1.165, 1.54) is 12.8 Å². The molecular formula is C18H28O6. The fourth-order valence-electron chi connectivity index (χ4n) is 4.27. The van der Waals surface area contributed by atoms with Gasteiger partial charge in [-0.3, -0.25) is 0 Å². The summed E-state index contributed by atoms with van der Waals surface area (Å²) in [6.07, 6.45) is 7.86.